The van der Waals surface area contributed by atoms with Crippen LogP contribution in [-0.2, 0) is 14.2 Å². The second-order valence-corrected chi connectivity index (χ2v) is 5.56. The van der Waals surface area contributed by atoms with Gasteiger partial charge in [0, 0.05) is 24.6 Å². The van der Waals surface area contributed by atoms with Gasteiger partial charge in [0.05, 0.1) is 17.8 Å². The largest absolute Gasteiger partial charge is 0.379 e. The minimum Gasteiger partial charge on any atom is -0.379 e. The van der Waals surface area contributed by atoms with Crippen molar-refractivity contribution in [3.63, 3.8) is 0 Å². The van der Waals surface area contributed by atoms with Gasteiger partial charge in [0.1, 0.15) is 6.10 Å². The fraction of sp³-hybridized carbons (Fsp3) is 1.00. The summed E-state index contributed by atoms with van der Waals surface area (Å²) in [5.41, 5.74) is -0.0401. The van der Waals surface area contributed by atoms with Gasteiger partial charge >= 0.3 is 0 Å². The molecule has 0 aromatic rings. The first-order valence-electron chi connectivity index (χ1n) is 5.51. The molecular formula is C11H19IO3. The fourth-order valence-corrected chi connectivity index (χ4v) is 3.13. The predicted octanol–water partition coefficient (Wildman–Crippen LogP) is 2.16. The SMILES string of the molecule is COC1COCCC12CCC(C)(CI)O2. The lowest BCUT2D eigenvalue weighted by atomic mass is 9.88. The molecule has 1 spiro atoms. The summed E-state index contributed by atoms with van der Waals surface area (Å²) in [6, 6.07) is 0. The molecule has 0 N–H and O–H groups in total. The lowest BCUT2D eigenvalue weighted by Crippen LogP contribution is -2.51. The van der Waals surface area contributed by atoms with Crippen LogP contribution in [0, 0.1) is 0 Å². The fourth-order valence-electron chi connectivity index (χ4n) is 2.60. The van der Waals surface area contributed by atoms with Gasteiger partial charge in [-0.3, -0.25) is 0 Å². The monoisotopic (exact) mass is 326 g/mol. The molecule has 0 aromatic carbocycles. The van der Waals surface area contributed by atoms with E-state index in [9.17, 15) is 0 Å². The van der Waals surface area contributed by atoms with Gasteiger partial charge in [0.25, 0.3) is 0 Å². The van der Waals surface area contributed by atoms with Crippen molar-refractivity contribution < 1.29 is 14.2 Å². The van der Waals surface area contributed by atoms with Crippen molar-refractivity contribution in [2.75, 3.05) is 24.8 Å². The summed E-state index contributed by atoms with van der Waals surface area (Å²) in [7, 11) is 1.75. The van der Waals surface area contributed by atoms with Crippen LogP contribution in [0.3, 0.4) is 0 Å². The summed E-state index contributed by atoms with van der Waals surface area (Å²) < 4.78 is 18.3. The Kier molecular flexibility index (Phi) is 3.60. The third-order valence-electron chi connectivity index (χ3n) is 3.62. The van der Waals surface area contributed by atoms with Crippen molar-refractivity contribution >= 4 is 22.6 Å². The van der Waals surface area contributed by atoms with Gasteiger partial charge in [-0.05, 0) is 19.8 Å². The summed E-state index contributed by atoms with van der Waals surface area (Å²) in [6.07, 6.45) is 3.32. The van der Waals surface area contributed by atoms with Crippen molar-refractivity contribution in [2.24, 2.45) is 0 Å². The maximum absolute atomic E-state index is 6.32. The van der Waals surface area contributed by atoms with Crippen LogP contribution in [0.25, 0.3) is 0 Å². The zero-order valence-corrected chi connectivity index (χ0v) is 11.6. The Labute approximate surface area is 105 Å². The number of ether oxygens (including phenoxy) is 3. The molecule has 2 aliphatic heterocycles. The zero-order chi connectivity index (χ0) is 10.9. The van der Waals surface area contributed by atoms with Crippen molar-refractivity contribution in [1.29, 1.82) is 0 Å². The van der Waals surface area contributed by atoms with Gasteiger partial charge in [0.2, 0.25) is 0 Å². The molecule has 0 radical (unpaired) electrons. The van der Waals surface area contributed by atoms with Gasteiger partial charge in [-0.25, -0.2) is 0 Å². The molecule has 4 heteroatoms. The molecule has 0 saturated carbocycles. The summed E-state index contributed by atoms with van der Waals surface area (Å²) in [5.74, 6) is 0. The molecule has 2 fully saturated rings. The molecule has 2 aliphatic rings. The van der Waals surface area contributed by atoms with E-state index in [2.05, 4.69) is 29.5 Å². The first-order chi connectivity index (χ1) is 7.14. The normalized spacial score (nSPS) is 46.2. The Morgan fingerprint density at radius 1 is 1.40 bits per heavy atom. The minimum absolute atomic E-state index is 0.0364. The molecule has 2 rings (SSSR count). The Morgan fingerprint density at radius 3 is 2.80 bits per heavy atom. The quantitative estimate of drug-likeness (QED) is 0.575. The van der Waals surface area contributed by atoms with Crippen LogP contribution in [0.1, 0.15) is 26.2 Å². The third-order valence-corrected chi connectivity index (χ3v) is 5.23. The van der Waals surface area contributed by atoms with E-state index < -0.39 is 0 Å². The molecular weight excluding hydrogens is 307 g/mol. The van der Waals surface area contributed by atoms with E-state index in [1.807, 2.05) is 0 Å². The summed E-state index contributed by atoms with van der Waals surface area (Å²) in [4.78, 5) is 0. The maximum Gasteiger partial charge on any atom is 0.109 e. The number of methoxy groups -OCH3 is 1. The topological polar surface area (TPSA) is 27.7 Å². The van der Waals surface area contributed by atoms with E-state index in [-0.39, 0.29) is 17.3 Å². The summed E-state index contributed by atoms with van der Waals surface area (Å²) in [6.45, 7) is 3.68. The first-order valence-corrected chi connectivity index (χ1v) is 7.03. The zero-order valence-electron chi connectivity index (χ0n) is 9.42. The average Bonchev–Trinajstić information content (AvgIpc) is 2.59. The van der Waals surface area contributed by atoms with Crippen LogP contribution >= 0.6 is 22.6 Å². The van der Waals surface area contributed by atoms with Gasteiger partial charge < -0.3 is 14.2 Å². The van der Waals surface area contributed by atoms with Gasteiger partial charge in [-0.1, -0.05) is 22.6 Å². The van der Waals surface area contributed by atoms with Crippen molar-refractivity contribution in [3.05, 3.63) is 0 Å². The lowest BCUT2D eigenvalue weighted by Gasteiger charge is -2.41. The lowest BCUT2D eigenvalue weighted by molar-refractivity contribution is -0.199. The highest BCUT2D eigenvalue weighted by atomic mass is 127. The van der Waals surface area contributed by atoms with Crippen LogP contribution in [-0.4, -0.2) is 42.1 Å². The minimum atomic E-state index is -0.0765. The average molecular weight is 326 g/mol. The van der Waals surface area contributed by atoms with E-state index in [4.69, 9.17) is 14.2 Å². The van der Waals surface area contributed by atoms with Crippen LogP contribution in [0.15, 0.2) is 0 Å². The standard InChI is InChI=1S/C11H19IO3/c1-10(8-12)3-4-11(15-10)5-6-14-7-9(11)13-2/h9H,3-8H2,1-2H3. The summed E-state index contributed by atoms with van der Waals surface area (Å²) in [5, 5.41) is 0. The van der Waals surface area contributed by atoms with Crippen molar-refractivity contribution in [3.8, 4) is 0 Å². The van der Waals surface area contributed by atoms with Crippen molar-refractivity contribution in [1.82, 2.24) is 0 Å². The van der Waals surface area contributed by atoms with Crippen LogP contribution in [0.5, 0.6) is 0 Å². The Bertz CT molecular complexity index is 236. The molecule has 3 nitrogen and oxygen atoms in total. The van der Waals surface area contributed by atoms with Crippen LogP contribution < -0.4 is 0 Å². The molecule has 0 aliphatic carbocycles. The molecule has 0 aromatic heterocycles. The van der Waals surface area contributed by atoms with Crippen molar-refractivity contribution in [2.45, 2.75) is 43.5 Å². The number of hydrogen-bond donors (Lipinski definition) is 0. The maximum atomic E-state index is 6.32. The highest BCUT2D eigenvalue weighted by Gasteiger charge is 2.52. The number of halogens is 1. The summed E-state index contributed by atoms with van der Waals surface area (Å²) >= 11 is 2.41. The van der Waals surface area contributed by atoms with Gasteiger partial charge in [-0.15, -0.1) is 0 Å². The number of hydrogen-bond acceptors (Lipinski definition) is 3. The molecule has 88 valence electrons. The molecule has 15 heavy (non-hydrogen) atoms. The Hall–Kier alpha value is 0.610. The van der Waals surface area contributed by atoms with E-state index in [0.29, 0.717) is 6.61 Å². The molecule has 0 amide bonds. The van der Waals surface area contributed by atoms with Gasteiger partial charge in [-0.2, -0.15) is 0 Å². The second-order valence-electron chi connectivity index (χ2n) is 4.80. The first kappa shape index (κ1) is 12.1. The number of alkyl halides is 1. The van der Waals surface area contributed by atoms with E-state index in [0.717, 1.165) is 30.3 Å². The second kappa shape index (κ2) is 4.47. The molecule has 3 atom stereocenters. The number of rotatable bonds is 2. The predicted molar refractivity (Wildman–Crippen MR) is 66.6 cm³/mol. The van der Waals surface area contributed by atoms with Crippen LogP contribution in [0.2, 0.25) is 0 Å². The highest BCUT2D eigenvalue weighted by Crippen LogP contribution is 2.45. The van der Waals surface area contributed by atoms with E-state index in [1.54, 1.807) is 7.11 Å². The Balaban J connectivity index is 2.12. The van der Waals surface area contributed by atoms with Gasteiger partial charge in [0.15, 0.2) is 0 Å². The molecule has 2 saturated heterocycles. The highest BCUT2D eigenvalue weighted by molar-refractivity contribution is 14.1. The molecule has 3 unspecified atom stereocenters. The third kappa shape index (κ3) is 2.18. The molecule has 2 heterocycles. The smallest absolute Gasteiger partial charge is 0.109 e. The van der Waals surface area contributed by atoms with E-state index >= 15 is 0 Å². The molecule has 0 bridgehead atoms. The van der Waals surface area contributed by atoms with Crippen LogP contribution in [0.4, 0.5) is 0 Å². The Morgan fingerprint density at radius 2 is 2.20 bits per heavy atom. The van der Waals surface area contributed by atoms with E-state index in [1.165, 1.54) is 0 Å².